The van der Waals surface area contributed by atoms with Crippen LogP contribution in [0, 0.1) is 0 Å². The van der Waals surface area contributed by atoms with E-state index in [4.69, 9.17) is 9.84 Å². The van der Waals surface area contributed by atoms with E-state index >= 15 is 0 Å². The van der Waals surface area contributed by atoms with Crippen molar-refractivity contribution < 1.29 is 14.6 Å². The number of hydrogen-bond donors (Lipinski definition) is 1. The molecular weight excluding hydrogens is 254 g/mol. The topological polar surface area (TPSA) is 49.8 Å². The lowest BCUT2D eigenvalue weighted by Gasteiger charge is -2.27. The van der Waals surface area contributed by atoms with Crippen LogP contribution in [0.25, 0.3) is 0 Å². The number of aromatic carboxylic acids is 1. The Balaban J connectivity index is 1.87. The Labute approximate surface area is 120 Å². The highest BCUT2D eigenvalue weighted by Gasteiger charge is 2.21. The number of para-hydroxylation sites is 1. The van der Waals surface area contributed by atoms with E-state index in [1.165, 1.54) is 25.7 Å². The quantitative estimate of drug-likeness (QED) is 0.832. The van der Waals surface area contributed by atoms with Gasteiger partial charge in [-0.2, -0.15) is 0 Å². The van der Waals surface area contributed by atoms with E-state index in [-0.39, 0.29) is 5.56 Å². The number of ether oxygens (including phenoxy) is 1. The van der Waals surface area contributed by atoms with Gasteiger partial charge in [0.15, 0.2) is 0 Å². The zero-order valence-electron chi connectivity index (χ0n) is 12.0. The summed E-state index contributed by atoms with van der Waals surface area (Å²) in [6, 6.07) is 7.49. The average molecular weight is 277 g/mol. The van der Waals surface area contributed by atoms with Crippen molar-refractivity contribution in [2.75, 3.05) is 19.7 Å². The van der Waals surface area contributed by atoms with E-state index in [2.05, 4.69) is 11.8 Å². The highest BCUT2D eigenvalue weighted by atomic mass is 16.5. The molecule has 1 aromatic rings. The summed E-state index contributed by atoms with van der Waals surface area (Å²) in [4.78, 5) is 13.5. The Bertz CT molecular complexity index is 441. The largest absolute Gasteiger partial charge is 0.491 e. The smallest absolute Gasteiger partial charge is 0.339 e. The summed E-state index contributed by atoms with van der Waals surface area (Å²) in [5, 5.41) is 9.10. The maximum absolute atomic E-state index is 11.1. The first-order valence-corrected chi connectivity index (χ1v) is 7.41. The predicted octanol–water partition coefficient (Wildman–Crippen LogP) is 3.03. The van der Waals surface area contributed by atoms with Crippen LogP contribution in [0.1, 0.15) is 43.0 Å². The summed E-state index contributed by atoms with van der Waals surface area (Å²) in [5.74, 6) is -0.480. The van der Waals surface area contributed by atoms with Crippen molar-refractivity contribution in [3.63, 3.8) is 0 Å². The first kappa shape index (κ1) is 14.9. The third-order valence-electron chi connectivity index (χ3n) is 4.00. The van der Waals surface area contributed by atoms with E-state index in [9.17, 15) is 4.79 Å². The van der Waals surface area contributed by atoms with Gasteiger partial charge in [0.05, 0.1) is 0 Å². The van der Waals surface area contributed by atoms with Crippen molar-refractivity contribution >= 4 is 5.97 Å². The lowest BCUT2D eigenvalue weighted by Crippen LogP contribution is -2.36. The molecule has 0 heterocycles. The van der Waals surface area contributed by atoms with E-state index in [1.807, 2.05) is 0 Å². The molecule has 2 rings (SSSR count). The maximum atomic E-state index is 11.1. The fraction of sp³-hybridized carbons (Fsp3) is 0.562. The van der Waals surface area contributed by atoms with E-state index in [0.29, 0.717) is 18.4 Å². The van der Waals surface area contributed by atoms with Gasteiger partial charge in [0.1, 0.15) is 17.9 Å². The molecule has 4 heteroatoms. The minimum absolute atomic E-state index is 0.233. The summed E-state index contributed by atoms with van der Waals surface area (Å²) in [6.07, 6.45) is 5.20. The standard InChI is InChI=1S/C16H23NO3/c1-2-17(13-7-3-4-8-13)11-12-20-15-10-6-5-9-14(15)16(18)19/h5-6,9-10,13H,2-4,7-8,11-12H2,1H3,(H,18,19). The van der Waals surface area contributed by atoms with Gasteiger partial charge in [-0.05, 0) is 31.5 Å². The highest BCUT2D eigenvalue weighted by Crippen LogP contribution is 2.23. The SMILES string of the molecule is CCN(CCOc1ccccc1C(=O)O)C1CCCC1. The van der Waals surface area contributed by atoms with Gasteiger partial charge in [-0.3, -0.25) is 4.90 Å². The van der Waals surface area contributed by atoms with Crippen LogP contribution in [-0.2, 0) is 0 Å². The summed E-state index contributed by atoms with van der Waals surface area (Å²) >= 11 is 0. The second-order valence-electron chi connectivity index (χ2n) is 5.22. The number of likely N-dealkylation sites (N-methyl/N-ethyl adjacent to an activating group) is 1. The Kier molecular flexibility index (Phi) is 5.41. The fourth-order valence-electron chi connectivity index (χ4n) is 2.91. The lowest BCUT2D eigenvalue weighted by atomic mass is 10.2. The highest BCUT2D eigenvalue weighted by molar-refractivity contribution is 5.90. The Morgan fingerprint density at radius 1 is 1.35 bits per heavy atom. The van der Waals surface area contributed by atoms with Crippen LogP contribution < -0.4 is 4.74 Å². The fourth-order valence-corrected chi connectivity index (χ4v) is 2.91. The number of carboxylic acids is 1. The van der Waals surface area contributed by atoms with Gasteiger partial charge in [-0.25, -0.2) is 4.79 Å². The van der Waals surface area contributed by atoms with Crippen LogP contribution in [0.3, 0.4) is 0 Å². The second kappa shape index (κ2) is 7.29. The lowest BCUT2D eigenvalue weighted by molar-refractivity contribution is 0.0691. The van der Waals surface area contributed by atoms with E-state index < -0.39 is 5.97 Å². The van der Waals surface area contributed by atoms with Crippen molar-refractivity contribution in [1.82, 2.24) is 4.90 Å². The van der Waals surface area contributed by atoms with Gasteiger partial charge in [0, 0.05) is 12.6 Å². The third kappa shape index (κ3) is 3.73. The second-order valence-corrected chi connectivity index (χ2v) is 5.22. The molecule has 1 aliphatic rings. The van der Waals surface area contributed by atoms with Gasteiger partial charge < -0.3 is 9.84 Å². The molecule has 0 atom stereocenters. The van der Waals surface area contributed by atoms with Crippen molar-refractivity contribution in [2.24, 2.45) is 0 Å². The van der Waals surface area contributed by atoms with Crippen molar-refractivity contribution in [3.05, 3.63) is 29.8 Å². The number of rotatable bonds is 7. The molecule has 0 bridgehead atoms. The maximum Gasteiger partial charge on any atom is 0.339 e. The Hall–Kier alpha value is -1.55. The number of benzene rings is 1. The van der Waals surface area contributed by atoms with Gasteiger partial charge in [-0.15, -0.1) is 0 Å². The van der Waals surface area contributed by atoms with Crippen LogP contribution in [-0.4, -0.2) is 41.7 Å². The zero-order chi connectivity index (χ0) is 14.4. The molecule has 0 amide bonds. The molecule has 0 aromatic heterocycles. The first-order chi connectivity index (χ1) is 9.72. The molecule has 0 spiro atoms. The number of carbonyl (C=O) groups is 1. The monoisotopic (exact) mass is 277 g/mol. The van der Waals surface area contributed by atoms with Crippen molar-refractivity contribution in [3.8, 4) is 5.75 Å². The molecule has 1 fully saturated rings. The van der Waals surface area contributed by atoms with Crippen LogP contribution in [0.4, 0.5) is 0 Å². The molecule has 0 radical (unpaired) electrons. The zero-order valence-corrected chi connectivity index (χ0v) is 12.0. The molecule has 1 N–H and O–H groups in total. The molecule has 20 heavy (non-hydrogen) atoms. The molecule has 0 unspecified atom stereocenters. The molecule has 1 aromatic carbocycles. The van der Waals surface area contributed by atoms with Crippen LogP contribution in [0.5, 0.6) is 5.75 Å². The predicted molar refractivity (Wildman–Crippen MR) is 78.4 cm³/mol. The van der Waals surface area contributed by atoms with Crippen molar-refractivity contribution in [2.45, 2.75) is 38.6 Å². The summed E-state index contributed by atoms with van der Waals surface area (Å²) in [5.41, 5.74) is 0.233. The van der Waals surface area contributed by atoms with Gasteiger partial charge in [-0.1, -0.05) is 31.9 Å². The summed E-state index contributed by atoms with van der Waals surface area (Å²) in [7, 11) is 0. The van der Waals surface area contributed by atoms with E-state index in [1.54, 1.807) is 24.3 Å². The van der Waals surface area contributed by atoms with Crippen LogP contribution >= 0.6 is 0 Å². The van der Waals surface area contributed by atoms with E-state index in [0.717, 1.165) is 13.1 Å². The molecule has 0 saturated heterocycles. The number of nitrogens with zero attached hydrogens (tertiary/aromatic N) is 1. The minimum atomic E-state index is -0.941. The molecular formula is C16H23NO3. The molecule has 0 aliphatic heterocycles. The molecule has 110 valence electrons. The first-order valence-electron chi connectivity index (χ1n) is 7.41. The van der Waals surface area contributed by atoms with Gasteiger partial charge in [0.2, 0.25) is 0 Å². The Morgan fingerprint density at radius 3 is 2.70 bits per heavy atom. The number of hydrogen-bond acceptors (Lipinski definition) is 3. The van der Waals surface area contributed by atoms with Crippen LogP contribution in [0.15, 0.2) is 24.3 Å². The average Bonchev–Trinajstić information content (AvgIpc) is 2.98. The van der Waals surface area contributed by atoms with Gasteiger partial charge in [0.25, 0.3) is 0 Å². The normalized spacial score (nSPS) is 15.7. The number of carboxylic acid groups (broad SMARTS) is 1. The molecule has 4 nitrogen and oxygen atoms in total. The van der Waals surface area contributed by atoms with Gasteiger partial charge >= 0.3 is 5.97 Å². The summed E-state index contributed by atoms with van der Waals surface area (Å²) in [6.45, 7) is 4.59. The summed E-state index contributed by atoms with van der Waals surface area (Å²) < 4.78 is 5.67. The third-order valence-corrected chi connectivity index (χ3v) is 4.00. The molecule has 1 aliphatic carbocycles. The minimum Gasteiger partial charge on any atom is -0.491 e. The molecule has 1 saturated carbocycles. The van der Waals surface area contributed by atoms with Crippen LogP contribution in [0.2, 0.25) is 0 Å². The van der Waals surface area contributed by atoms with Crippen molar-refractivity contribution in [1.29, 1.82) is 0 Å². The Morgan fingerprint density at radius 2 is 2.05 bits per heavy atom.